The van der Waals surface area contributed by atoms with Crippen molar-refractivity contribution < 1.29 is 0 Å². The minimum atomic E-state index is 0. The van der Waals surface area contributed by atoms with Gasteiger partial charge in [-0.1, -0.05) is 118 Å². The number of aromatic nitrogens is 3. The molecule has 0 saturated carbocycles. The van der Waals surface area contributed by atoms with Crippen molar-refractivity contribution in [2.75, 3.05) is 0 Å². The molecular weight excluding hydrogens is 429 g/mol. The van der Waals surface area contributed by atoms with Crippen LogP contribution in [0, 0.1) is 0 Å². The summed E-state index contributed by atoms with van der Waals surface area (Å²) in [6, 6.07) is 37.9. The van der Waals surface area contributed by atoms with Crippen molar-refractivity contribution in [2.24, 2.45) is 0 Å². The lowest BCUT2D eigenvalue weighted by Gasteiger charge is -2.19. The van der Waals surface area contributed by atoms with Crippen LogP contribution >= 0.6 is 0 Å². The van der Waals surface area contributed by atoms with E-state index in [9.17, 15) is 0 Å². The Hall–Kier alpha value is -3.45. The van der Waals surface area contributed by atoms with Crippen LogP contribution in [0.15, 0.2) is 109 Å². The molecule has 0 amide bonds. The Bertz CT molecular complexity index is 1350. The van der Waals surface area contributed by atoms with E-state index in [2.05, 4.69) is 120 Å². The van der Waals surface area contributed by atoms with Crippen LogP contribution in [0.4, 0.5) is 0 Å². The third kappa shape index (κ3) is 4.75. The molecule has 0 unspecified atom stereocenters. The molecule has 0 saturated heterocycles. The maximum Gasteiger partial charge on any atom is 0.168 e. The van der Waals surface area contributed by atoms with E-state index in [0.717, 1.165) is 28.5 Å². The predicted molar refractivity (Wildman–Crippen MR) is 142 cm³/mol. The van der Waals surface area contributed by atoms with E-state index in [1.807, 2.05) is 24.3 Å². The van der Waals surface area contributed by atoms with E-state index in [-0.39, 0.29) is 22.8 Å². The van der Waals surface area contributed by atoms with Crippen LogP contribution in [0.25, 0.3) is 39.6 Å². The van der Waals surface area contributed by atoms with Crippen LogP contribution in [-0.4, -0.2) is 32.1 Å². The monoisotopic (exact) mass is 456 g/mol. The van der Waals surface area contributed by atoms with Crippen LogP contribution in [-0.2, 0) is 5.41 Å². The second-order valence-corrected chi connectivity index (χ2v) is 9.29. The lowest BCUT2D eigenvalue weighted by molar-refractivity contribution is 0.590. The van der Waals surface area contributed by atoms with Crippen molar-refractivity contribution in [2.45, 2.75) is 26.2 Å². The molecule has 0 aliphatic rings. The average Bonchev–Trinajstić information content (AvgIpc) is 3.30. The molecule has 4 heteroatoms. The average molecular weight is 457 g/mol. The molecule has 0 aliphatic heterocycles. The van der Waals surface area contributed by atoms with Crippen LogP contribution in [0.2, 0.25) is 0 Å². The van der Waals surface area contributed by atoms with Gasteiger partial charge in [0.25, 0.3) is 0 Å². The number of hydrogen-bond donors (Lipinski definition) is 0. The van der Waals surface area contributed by atoms with Crippen LogP contribution in [0.5, 0.6) is 0 Å². The number of hydrogen-bond acceptors (Lipinski definition) is 2. The van der Waals surface area contributed by atoms with Gasteiger partial charge in [0, 0.05) is 34.2 Å². The standard InChI is InChI=1S/C30H27N3.Al/c1-30(2,3)26-20-18-25(19-21-26)29-32-31-28(33(29)27-12-8-5-9-13-27)24-16-14-23(15-17-24)22-10-6-4-7-11-22;/h4-21H,1-3H3;. The number of nitrogens with zero attached hydrogens (tertiary/aromatic N) is 3. The fourth-order valence-corrected chi connectivity index (χ4v) is 4.04. The quantitative estimate of drug-likeness (QED) is 0.268. The lowest BCUT2D eigenvalue weighted by Crippen LogP contribution is -2.10. The van der Waals surface area contributed by atoms with E-state index in [1.54, 1.807) is 0 Å². The molecule has 3 nitrogen and oxygen atoms in total. The van der Waals surface area contributed by atoms with Gasteiger partial charge in [-0.15, -0.1) is 10.2 Å². The summed E-state index contributed by atoms with van der Waals surface area (Å²) in [7, 11) is 0. The van der Waals surface area contributed by atoms with Gasteiger partial charge in [-0.2, -0.15) is 0 Å². The molecule has 1 aromatic heterocycles. The summed E-state index contributed by atoms with van der Waals surface area (Å²) < 4.78 is 2.14. The number of rotatable bonds is 4. The van der Waals surface area contributed by atoms with Crippen molar-refractivity contribution in [3.63, 3.8) is 0 Å². The van der Waals surface area contributed by atoms with Gasteiger partial charge in [-0.05, 0) is 34.2 Å². The SMILES string of the molecule is CC(C)(C)c1ccc(-c2nnc(-c3ccc(-c4ccccc4)cc3)n2-c2ccccc2)cc1.[Al]. The summed E-state index contributed by atoms with van der Waals surface area (Å²) in [6.45, 7) is 6.68. The minimum Gasteiger partial charge on any atom is -0.275 e. The molecule has 0 N–H and O–H groups in total. The Morgan fingerprint density at radius 3 is 1.41 bits per heavy atom. The van der Waals surface area contributed by atoms with E-state index in [4.69, 9.17) is 0 Å². The third-order valence-corrected chi connectivity index (χ3v) is 5.94. The Kier molecular flexibility index (Phi) is 6.84. The van der Waals surface area contributed by atoms with Gasteiger partial charge in [0.05, 0.1) is 0 Å². The molecule has 3 radical (unpaired) electrons. The summed E-state index contributed by atoms with van der Waals surface area (Å²) >= 11 is 0. The van der Waals surface area contributed by atoms with Crippen molar-refractivity contribution >= 4 is 17.4 Å². The van der Waals surface area contributed by atoms with Crippen LogP contribution in [0.1, 0.15) is 26.3 Å². The molecule has 0 bridgehead atoms. The second-order valence-electron chi connectivity index (χ2n) is 9.29. The first-order chi connectivity index (χ1) is 16.0. The van der Waals surface area contributed by atoms with E-state index in [0.29, 0.717) is 0 Å². The molecule has 0 atom stereocenters. The molecule has 0 spiro atoms. The molecule has 165 valence electrons. The van der Waals surface area contributed by atoms with Crippen molar-refractivity contribution in [1.29, 1.82) is 0 Å². The number of para-hydroxylation sites is 1. The first-order valence-corrected chi connectivity index (χ1v) is 11.3. The van der Waals surface area contributed by atoms with Gasteiger partial charge >= 0.3 is 0 Å². The van der Waals surface area contributed by atoms with Crippen molar-refractivity contribution in [1.82, 2.24) is 14.8 Å². The zero-order valence-electron chi connectivity index (χ0n) is 19.8. The highest BCUT2D eigenvalue weighted by atomic mass is 27.0. The Morgan fingerprint density at radius 1 is 0.500 bits per heavy atom. The first kappa shape index (κ1) is 23.7. The van der Waals surface area contributed by atoms with Crippen LogP contribution < -0.4 is 0 Å². The fourth-order valence-electron chi connectivity index (χ4n) is 4.04. The molecule has 34 heavy (non-hydrogen) atoms. The normalized spacial score (nSPS) is 11.1. The van der Waals surface area contributed by atoms with Gasteiger partial charge < -0.3 is 0 Å². The first-order valence-electron chi connectivity index (χ1n) is 11.3. The van der Waals surface area contributed by atoms with E-state index in [1.165, 1.54) is 16.7 Å². The van der Waals surface area contributed by atoms with Gasteiger partial charge in [-0.25, -0.2) is 0 Å². The fraction of sp³-hybridized carbons (Fsp3) is 0.133. The summed E-state index contributed by atoms with van der Waals surface area (Å²) in [6.07, 6.45) is 0. The molecule has 0 aliphatic carbocycles. The maximum absolute atomic E-state index is 4.63. The Labute approximate surface area is 212 Å². The summed E-state index contributed by atoms with van der Waals surface area (Å²) in [4.78, 5) is 0. The predicted octanol–water partition coefficient (Wildman–Crippen LogP) is 7.19. The van der Waals surface area contributed by atoms with Crippen molar-refractivity contribution in [3.05, 3.63) is 115 Å². The minimum absolute atomic E-state index is 0. The molecule has 5 rings (SSSR count). The highest BCUT2D eigenvalue weighted by Crippen LogP contribution is 2.31. The topological polar surface area (TPSA) is 30.7 Å². The zero-order valence-corrected chi connectivity index (χ0v) is 21.0. The molecule has 1 heterocycles. The van der Waals surface area contributed by atoms with Gasteiger partial charge in [0.1, 0.15) is 0 Å². The van der Waals surface area contributed by atoms with Gasteiger partial charge in [0.2, 0.25) is 0 Å². The second kappa shape index (κ2) is 9.81. The molecule has 5 aromatic rings. The number of benzene rings is 4. The highest BCUT2D eigenvalue weighted by molar-refractivity contribution is 5.75. The van der Waals surface area contributed by atoms with Crippen molar-refractivity contribution in [3.8, 4) is 39.6 Å². The van der Waals surface area contributed by atoms with E-state index >= 15 is 0 Å². The molecule has 0 fully saturated rings. The molecule has 4 aromatic carbocycles. The van der Waals surface area contributed by atoms with E-state index < -0.39 is 0 Å². The smallest absolute Gasteiger partial charge is 0.168 e. The summed E-state index contributed by atoms with van der Waals surface area (Å²) in [5, 5.41) is 9.25. The Morgan fingerprint density at radius 2 is 0.912 bits per heavy atom. The largest absolute Gasteiger partial charge is 0.275 e. The summed E-state index contributed by atoms with van der Waals surface area (Å²) in [5.74, 6) is 1.67. The third-order valence-electron chi connectivity index (χ3n) is 5.94. The summed E-state index contributed by atoms with van der Waals surface area (Å²) in [5.41, 5.74) is 6.91. The highest BCUT2D eigenvalue weighted by Gasteiger charge is 2.19. The molecular formula is C30H27AlN3. The maximum atomic E-state index is 4.63. The van der Waals surface area contributed by atoms with Gasteiger partial charge in [-0.3, -0.25) is 4.57 Å². The van der Waals surface area contributed by atoms with Crippen LogP contribution in [0.3, 0.4) is 0 Å². The zero-order chi connectivity index (χ0) is 22.8. The Balaban J connectivity index is 0.00000274. The van der Waals surface area contributed by atoms with Gasteiger partial charge in [0.15, 0.2) is 11.6 Å². The lowest BCUT2D eigenvalue weighted by atomic mass is 9.86.